The number of aliphatic hydroxyl groups is 1. The van der Waals surface area contributed by atoms with E-state index in [9.17, 15) is 23.9 Å². The number of aliphatic carboxylic acids is 1. The van der Waals surface area contributed by atoms with Crippen LogP contribution in [0.5, 0.6) is 0 Å². The van der Waals surface area contributed by atoms with Gasteiger partial charge in [-0.05, 0) is 49.6 Å². The molecule has 166 valence electrons. The molecule has 9 heteroatoms. The van der Waals surface area contributed by atoms with Crippen LogP contribution in [0.3, 0.4) is 0 Å². The molecule has 2 aromatic carbocycles. The number of carbonyl (C=O) groups excluding carboxylic acids is 2. The second-order valence-corrected chi connectivity index (χ2v) is 7.68. The average Bonchev–Trinajstić information content (AvgIpc) is 2.69. The number of rotatable bonds is 8. The van der Waals surface area contributed by atoms with Crippen molar-refractivity contribution in [3.8, 4) is 11.1 Å². The second kappa shape index (κ2) is 10.9. The third-order valence-electron chi connectivity index (χ3n) is 4.33. The number of hydrogen-bond donors (Lipinski definition) is 3. The molecule has 0 fully saturated rings. The van der Waals surface area contributed by atoms with Crippen molar-refractivity contribution in [2.45, 2.75) is 44.9 Å². The Hall–Kier alpha value is -2.97. The number of amides is 1. The number of nitrogens with one attached hydrogen (secondary N) is 1. The SMILES string of the molecule is CC(C)OC(=O)C(=O)NC(Cc1ccc(-c2cc(Cl)ccc2F)cc1)CC(O)C(=O)O. The van der Waals surface area contributed by atoms with Gasteiger partial charge in [0.25, 0.3) is 0 Å². The van der Waals surface area contributed by atoms with E-state index in [1.165, 1.54) is 18.2 Å². The summed E-state index contributed by atoms with van der Waals surface area (Å²) in [6.45, 7) is 3.17. The molecule has 2 atom stereocenters. The van der Waals surface area contributed by atoms with Crippen LogP contribution in [0.25, 0.3) is 11.1 Å². The zero-order valence-corrected chi connectivity index (χ0v) is 17.7. The van der Waals surface area contributed by atoms with E-state index in [0.717, 1.165) is 0 Å². The molecule has 0 saturated heterocycles. The maximum atomic E-state index is 14.1. The number of hydrogen-bond acceptors (Lipinski definition) is 5. The van der Waals surface area contributed by atoms with Gasteiger partial charge in [-0.1, -0.05) is 35.9 Å². The summed E-state index contributed by atoms with van der Waals surface area (Å²) in [4.78, 5) is 34.8. The van der Waals surface area contributed by atoms with E-state index in [-0.39, 0.29) is 12.8 Å². The van der Waals surface area contributed by atoms with Gasteiger partial charge in [0.2, 0.25) is 0 Å². The number of benzene rings is 2. The van der Waals surface area contributed by atoms with E-state index >= 15 is 0 Å². The third kappa shape index (κ3) is 7.34. The minimum absolute atomic E-state index is 0.128. The number of carbonyl (C=O) groups is 3. The Kier molecular flexibility index (Phi) is 8.53. The molecule has 3 N–H and O–H groups in total. The van der Waals surface area contributed by atoms with Gasteiger partial charge in [0.1, 0.15) is 5.82 Å². The maximum absolute atomic E-state index is 14.1. The first-order valence-corrected chi connectivity index (χ1v) is 9.91. The fourth-order valence-electron chi connectivity index (χ4n) is 2.90. The maximum Gasteiger partial charge on any atom is 0.397 e. The lowest BCUT2D eigenvalue weighted by Crippen LogP contribution is -2.44. The molecule has 2 unspecified atom stereocenters. The first-order chi connectivity index (χ1) is 14.6. The normalized spacial score (nSPS) is 12.8. The molecular weight excluding hydrogens is 429 g/mol. The van der Waals surface area contributed by atoms with E-state index < -0.39 is 41.9 Å². The lowest BCUT2D eigenvalue weighted by Gasteiger charge is -2.20. The van der Waals surface area contributed by atoms with Gasteiger partial charge in [-0.2, -0.15) is 0 Å². The third-order valence-corrected chi connectivity index (χ3v) is 4.57. The lowest BCUT2D eigenvalue weighted by atomic mass is 9.97. The van der Waals surface area contributed by atoms with Crippen LogP contribution < -0.4 is 5.32 Å². The summed E-state index contributed by atoms with van der Waals surface area (Å²) >= 11 is 5.93. The van der Waals surface area contributed by atoms with Crippen LogP contribution in [0.1, 0.15) is 25.8 Å². The van der Waals surface area contributed by atoms with Gasteiger partial charge in [0, 0.05) is 23.0 Å². The number of carboxylic acids is 1. The fourth-order valence-corrected chi connectivity index (χ4v) is 3.07. The number of ether oxygens (including phenoxy) is 1. The monoisotopic (exact) mass is 451 g/mol. The Balaban J connectivity index is 2.17. The Morgan fingerprint density at radius 3 is 2.35 bits per heavy atom. The molecule has 0 heterocycles. The first-order valence-electron chi connectivity index (χ1n) is 9.53. The van der Waals surface area contributed by atoms with E-state index in [1.807, 2.05) is 0 Å². The molecular formula is C22H23ClFNO6. The topological polar surface area (TPSA) is 113 Å². The average molecular weight is 452 g/mol. The highest BCUT2D eigenvalue weighted by atomic mass is 35.5. The smallest absolute Gasteiger partial charge is 0.397 e. The molecule has 0 saturated carbocycles. The highest BCUT2D eigenvalue weighted by Gasteiger charge is 2.25. The van der Waals surface area contributed by atoms with Crippen LogP contribution in [0.2, 0.25) is 5.02 Å². The highest BCUT2D eigenvalue weighted by Crippen LogP contribution is 2.26. The van der Waals surface area contributed by atoms with Crippen molar-refractivity contribution in [2.75, 3.05) is 0 Å². The number of esters is 1. The summed E-state index contributed by atoms with van der Waals surface area (Å²) in [7, 11) is 0. The minimum Gasteiger partial charge on any atom is -0.479 e. The van der Waals surface area contributed by atoms with Gasteiger partial charge >= 0.3 is 17.8 Å². The molecule has 0 aliphatic rings. The van der Waals surface area contributed by atoms with Crippen LogP contribution in [0, 0.1) is 5.82 Å². The molecule has 1 amide bonds. The van der Waals surface area contributed by atoms with E-state index in [2.05, 4.69) is 5.32 Å². The van der Waals surface area contributed by atoms with Crippen molar-refractivity contribution in [1.82, 2.24) is 5.32 Å². The molecule has 2 aromatic rings. The molecule has 31 heavy (non-hydrogen) atoms. The second-order valence-electron chi connectivity index (χ2n) is 7.24. The predicted molar refractivity (Wildman–Crippen MR) is 112 cm³/mol. The zero-order chi connectivity index (χ0) is 23.1. The van der Waals surface area contributed by atoms with E-state index in [4.69, 9.17) is 21.4 Å². The predicted octanol–water partition coefficient (Wildman–Crippen LogP) is 2.96. The molecule has 0 aliphatic heterocycles. The largest absolute Gasteiger partial charge is 0.479 e. The summed E-state index contributed by atoms with van der Waals surface area (Å²) in [5.41, 5.74) is 1.57. The molecule has 7 nitrogen and oxygen atoms in total. The Labute approximate surface area is 183 Å². The molecule has 0 spiro atoms. The Morgan fingerprint density at radius 2 is 1.77 bits per heavy atom. The van der Waals surface area contributed by atoms with Gasteiger partial charge in [0.05, 0.1) is 6.10 Å². The van der Waals surface area contributed by atoms with Gasteiger partial charge in [-0.15, -0.1) is 0 Å². The van der Waals surface area contributed by atoms with Gasteiger partial charge in [0.15, 0.2) is 6.10 Å². The number of halogens is 2. The summed E-state index contributed by atoms with van der Waals surface area (Å²) in [5.74, 6) is -4.02. The van der Waals surface area contributed by atoms with Crippen molar-refractivity contribution >= 4 is 29.4 Å². The van der Waals surface area contributed by atoms with Crippen molar-refractivity contribution < 1.29 is 33.7 Å². The lowest BCUT2D eigenvalue weighted by molar-refractivity contribution is -0.158. The highest BCUT2D eigenvalue weighted by molar-refractivity contribution is 6.32. The van der Waals surface area contributed by atoms with Crippen molar-refractivity contribution in [1.29, 1.82) is 0 Å². The minimum atomic E-state index is -1.73. The number of aliphatic hydroxyl groups excluding tert-OH is 1. The Morgan fingerprint density at radius 1 is 1.13 bits per heavy atom. The van der Waals surface area contributed by atoms with Crippen molar-refractivity contribution in [2.24, 2.45) is 0 Å². The van der Waals surface area contributed by atoms with Crippen LogP contribution in [-0.4, -0.2) is 46.3 Å². The van der Waals surface area contributed by atoms with Crippen LogP contribution >= 0.6 is 11.6 Å². The fraction of sp³-hybridized carbons (Fsp3) is 0.318. The zero-order valence-electron chi connectivity index (χ0n) is 17.0. The van der Waals surface area contributed by atoms with Crippen LogP contribution in [0.4, 0.5) is 4.39 Å². The molecule has 0 bridgehead atoms. The van der Waals surface area contributed by atoms with Crippen LogP contribution in [-0.2, 0) is 25.5 Å². The molecule has 2 rings (SSSR count). The van der Waals surface area contributed by atoms with Gasteiger partial charge in [-0.25, -0.2) is 14.0 Å². The van der Waals surface area contributed by atoms with Crippen LogP contribution in [0.15, 0.2) is 42.5 Å². The Bertz CT molecular complexity index is 948. The summed E-state index contributed by atoms with van der Waals surface area (Å²) in [6.07, 6.45) is -2.42. The molecule has 0 radical (unpaired) electrons. The summed E-state index contributed by atoms with van der Waals surface area (Å²) < 4.78 is 18.9. The summed E-state index contributed by atoms with van der Waals surface area (Å²) in [6, 6.07) is 10.0. The van der Waals surface area contributed by atoms with E-state index in [1.54, 1.807) is 38.1 Å². The molecule has 0 aromatic heterocycles. The first kappa shape index (κ1) is 24.3. The summed E-state index contributed by atoms with van der Waals surface area (Å²) in [5, 5.41) is 21.5. The van der Waals surface area contributed by atoms with Crippen molar-refractivity contribution in [3.05, 3.63) is 58.9 Å². The van der Waals surface area contributed by atoms with E-state index in [0.29, 0.717) is 21.7 Å². The quantitative estimate of drug-likeness (QED) is 0.420. The van der Waals surface area contributed by atoms with Crippen molar-refractivity contribution in [3.63, 3.8) is 0 Å². The van der Waals surface area contributed by atoms with Gasteiger partial charge in [-0.3, -0.25) is 4.79 Å². The number of carboxylic acid groups (broad SMARTS) is 1. The standard InChI is InChI=1S/C22H23ClFNO6/c1-12(2)31-22(30)20(27)25-16(11-19(26)21(28)29)9-13-3-5-14(6-4-13)17-10-15(23)7-8-18(17)24/h3-8,10,12,16,19,26H,9,11H2,1-2H3,(H,25,27)(H,28,29). The molecule has 0 aliphatic carbocycles. The van der Waals surface area contributed by atoms with Gasteiger partial charge < -0.3 is 20.3 Å².